The van der Waals surface area contributed by atoms with E-state index in [0.717, 1.165) is 6.42 Å². The highest BCUT2D eigenvalue weighted by molar-refractivity contribution is 5.78. The first kappa shape index (κ1) is 29.1. The first-order valence-corrected chi connectivity index (χ1v) is 18.0. The third-order valence-corrected chi connectivity index (χ3v) is 11.3. The van der Waals surface area contributed by atoms with E-state index < -0.39 is 0 Å². The molecule has 5 atom stereocenters. The molecule has 0 radical (unpaired) electrons. The van der Waals surface area contributed by atoms with Crippen LogP contribution in [0.1, 0.15) is 17.9 Å². The molecule has 2 heteroatoms. The zero-order valence-corrected chi connectivity index (χ0v) is 27.9. The molecule has 240 valence electrons. The van der Waals surface area contributed by atoms with Crippen LogP contribution in [0, 0.1) is 11.8 Å². The van der Waals surface area contributed by atoms with Crippen molar-refractivity contribution in [2.75, 3.05) is 9.80 Å². The number of hydrogen-bond donors (Lipinski definition) is 0. The van der Waals surface area contributed by atoms with Gasteiger partial charge in [0.1, 0.15) is 0 Å². The molecule has 0 saturated carbocycles. The molecule has 2 aliphatic heterocycles. The lowest BCUT2D eigenvalue weighted by Crippen LogP contribution is -2.30. The Morgan fingerprint density at radius 1 is 0.480 bits per heavy atom. The highest BCUT2D eigenvalue weighted by atomic mass is 15.2. The fraction of sp³-hybridized carbons (Fsp3) is 0.125. The summed E-state index contributed by atoms with van der Waals surface area (Å²) in [6.07, 6.45) is 22.8. The zero-order chi connectivity index (χ0) is 33.0. The smallest absolute Gasteiger partial charge is 0.0629 e. The highest BCUT2D eigenvalue weighted by Gasteiger charge is 2.43. The number of para-hydroxylation sites is 1. The minimum absolute atomic E-state index is 0.262. The van der Waals surface area contributed by atoms with Gasteiger partial charge in [-0.1, -0.05) is 158 Å². The third-order valence-electron chi connectivity index (χ3n) is 11.3. The van der Waals surface area contributed by atoms with E-state index in [1.807, 2.05) is 0 Å². The molecular weight excluding hydrogens is 605 g/mol. The van der Waals surface area contributed by atoms with Crippen LogP contribution in [-0.4, -0.2) is 12.1 Å². The van der Waals surface area contributed by atoms with E-state index in [0.29, 0.717) is 23.8 Å². The third kappa shape index (κ3) is 4.78. The molecule has 1 saturated heterocycles. The van der Waals surface area contributed by atoms with Crippen LogP contribution < -0.4 is 9.80 Å². The molecule has 0 amide bonds. The monoisotopic (exact) mass is 642 g/mol. The molecule has 1 fully saturated rings. The Balaban J connectivity index is 0.945. The maximum Gasteiger partial charge on any atom is 0.0629 e. The van der Waals surface area contributed by atoms with Gasteiger partial charge in [-0.2, -0.15) is 0 Å². The van der Waals surface area contributed by atoms with Gasteiger partial charge in [0.05, 0.1) is 12.1 Å². The predicted molar refractivity (Wildman–Crippen MR) is 208 cm³/mol. The van der Waals surface area contributed by atoms with Gasteiger partial charge in [-0.3, -0.25) is 0 Å². The molecular formula is C48H38N2. The summed E-state index contributed by atoms with van der Waals surface area (Å²) in [7, 11) is 0. The second-order valence-corrected chi connectivity index (χ2v) is 14.0. The van der Waals surface area contributed by atoms with Gasteiger partial charge < -0.3 is 9.80 Å². The van der Waals surface area contributed by atoms with Crippen molar-refractivity contribution < 1.29 is 0 Å². The van der Waals surface area contributed by atoms with Gasteiger partial charge in [-0.15, -0.1) is 0 Å². The molecule has 5 aromatic carbocycles. The van der Waals surface area contributed by atoms with E-state index in [9.17, 15) is 0 Å². The van der Waals surface area contributed by atoms with Crippen LogP contribution in [0.25, 0.3) is 22.3 Å². The van der Waals surface area contributed by atoms with Crippen LogP contribution in [-0.2, 0) is 0 Å². The molecule has 5 aliphatic rings. The van der Waals surface area contributed by atoms with Crippen molar-refractivity contribution >= 4 is 17.1 Å². The Morgan fingerprint density at radius 3 is 1.76 bits per heavy atom. The van der Waals surface area contributed by atoms with Gasteiger partial charge in [0, 0.05) is 40.5 Å². The Hall–Kier alpha value is -5.86. The van der Waals surface area contributed by atoms with Crippen molar-refractivity contribution in [3.63, 3.8) is 0 Å². The molecule has 10 rings (SSSR count). The Kier molecular flexibility index (Phi) is 6.94. The molecule has 0 aromatic heterocycles. The fourth-order valence-electron chi connectivity index (χ4n) is 8.89. The average Bonchev–Trinajstić information content (AvgIpc) is 3.71. The standard InChI is InChI=1S/C48H38N2/c1-3-11-33(12-4-1)35-19-25-39(26-20-35)49-45-17-9-7-15-41(45)43-31-37(23-29-47(43)49)38-24-30-48-44(32-38)42-16-8-10-18-46(42)50(48)40-27-21-36(22-28-40)34-13-5-2-6-14-34/h1-23,25-32,38,42-43,46-47H,24H2. The molecule has 5 aromatic rings. The Labute approximate surface area is 295 Å². The molecule has 0 spiro atoms. The lowest BCUT2D eigenvalue weighted by Gasteiger charge is -2.32. The summed E-state index contributed by atoms with van der Waals surface area (Å²) in [5.41, 5.74) is 14.5. The summed E-state index contributed by atoms with van der Waals surface area (Å²) in [6, 6.07) is 49.1. The van der Waals surface area contributed by atoms with Crippen LogP contribution >= 0.6 is 0 Å². The maximum atomic E-state index is 2.59. The summed E-state index contributed by atoms with van der Waals surface area (Å²) in [5.74, 6) is 1.03. The number of benzene rings is 5. The van der Waals surface area contributed by atoms with Crippen molar-refractivity contribution in [2.24, 2.45) is 11.8 Å². The first-order valence-electron chi connectivity index (χ1n) is 18.0. The number of rotatable bonds is 5. The maximum absolute atomic E-state index is 2.59. The van der Waals surface area contributed by atoms with Crippen molar-refractivity contribution in [3.8, 4) is 22.3 Å². The number of hydrogen-bond acceptors (Lipinski definition) is 2. The van der Waals surface area contributed by atoms with Gasteiger partial charge in [0.15, 0.2) is 0 Å². The van der Waals surface area contributed by atoms with E-state index in [2.05, 4.69) is 198 Å². The highest BCUT2D eigenvalue weighted by Crippen LogP contribution is 2.51. The van der Waals surface area contributed by atoms with E-state index in [4.69, 9.17) is 0 Å². The van der Waals surface area contributed by atoms with Crippen molar-refractivity contribution in [1.29, 1.82) is 0 Å². The molecule has 0 bridgehead atoms. The summed E-state index contributed by atoms with van der Waals surface area (Å²) in [4.78, 5) is 5.11. The summed E-state index contributed by atoms with van der Waals surface area (Å²) in [5, 5.41) is 0. The number of allylic oxidation sites excluding steroid dienone is 7. The van der Waals surface area contributed by atoms with E-state index in [-0.39, 0.29) is 6.04 Å². The van der Waals surface area contributed by atoms with E-state index >= 15 is 0 Å². The molecule has 3 aliphatic carbocycles. The lowest BCUT2D eigenvalue weighted by atomic mass is 9.79. The molecule has 50 heavy (non-hydrogen) atoms. The fourth-order valence-corrected chi connectivity index (χ4v) is 8.89. The van der Waals surface area contributed by atoms with Gasteiger partial charge in [0.25, 0.3) is 0 Å². The molecule has 2 nitrogen and oxygen atoms in total. The van der Waals surface area contributed by atoms with Crippen molar-refractivity contribution in [1.82, 2.24) is 0 Å². The van der Waals surface area contributed by atoms with E-state index in [1.54, 1.807) is 0 Å². The molecule has 2 heterocycles. The number of anilines is 3. The normalized spacial score (nSPS) is 24.2. The minimum Gasteiger partial charge on any atom is -0.334 e. The van der Waals surface area contributed by atoms with Gasteiger partial charge in [-0.05, 0) is 75.7 Å². The second kappa shape index (κ2) is 11.9. The van der Waals surface area contributed by atoms with Crippen LogP contribution in [0.2, 0.25) is 0 Å². The number of fused-ring (bicyclic) bond motifs is 6. The Bertz CT molecular complexity index is 2250. The largest absolute Gasteiger partial charge is 0.334 e. The lowest BCUT2D eigenvalue weighted by molar-refractivity contribution is 0.684. The predicted octanol–water partition coefficient (Wildman–Crippen LogP) is 11.6. The quantitative estimate of drug-likeness (QED) is 0.188. The summed E-state index contributed by atoms with van der Waals surface area (Å²) < 4.78 is 0. The molecule has 0 N–H and O–H groups in total. The summed E-state index contributed by atoms with van der Waals surface area (Å²) in [6.45, 7) is 0. The average molecular weight is 643 g/mol. The molecule has 5 unspecified atom stereocenters. The van der Waals surface area contributed by atoms with Gasteiger partial charge in [0.2, 0.25) is 0 Å². The SMILES string of the molecule is C1=CC2C3=CC(C4=CC5c6ccccc6N(c6ccc(-c7ccccc7)cc6)C5C=C4)CC=C3N(c3ccc(-c4ccccc4)cc3)C2C=C1. The first-order chi connectivity index (χ1) is 24.8. The minimum atomic E-state index is 0.262. The Morgan fingerprint density at radius 2 is 1.06 bits per heavy atom. The van der Waals surface area contributed by atoms with Crippen molar-refractivity contribution in [2.45, 2.75) is 24.4 Å². The van der Waals surface area contributed by atoms with Gasteiger partial charge >= 0.3 is 0 Å². The van der Waals surface area contributed by atoms with Gasteiger partial charge in [-0.25, -0.2) is 0 Å². The number of nitrogens with zero attached hydrogens (tertiary/aromatic N) is 2. The van der Waals surface area contributed by atoms with Crippen molar-refractivity contribution in [3.05, 3.63) is 211 Å². The second-order valence-electron chi connectivity index (χ2n) is 14.0. The summed E-state index contributed by atoms with van der Waals surface area (Å²) >= 11 is 0. The van der Waals surface area contributed by atoms with Crippen LogP contribution in [0.4, 0.5) is 17.1 Å². The van der Waals surface area contributed by atoms with Crippen LogP contribution in [0.15, 0.2) is 205 Å². The van der Waals surface area contributed by atoms with Crippen LogP contribution in [0.3, 0.4) is 0 Å². The zero-order valence-electron chi connectivity index (χ0n) is 27.9. The van der Waals surface area contributed by atoms with Crippen LogP contribution in [0.5, 0.6) is 0 Å². The topological polar surface area (TPSA) is 6.48 Å². The van der Waals surface area contributed by atoms with E-state index in [1.165, 1.54) is 61.7 Å².